The maximum Gasteiger partial charge on any atom is 0.259 e. The highest BCUT2D eigenvalue weighted by Crippen LogP contribution is 2.30. The molecule has 1 aromatic carbocycles. The van der Waals surface area contributed by atoms with Crippen molar-refractivity contribution in [3.8, 4) is 17.0 Å². The number of likely N-dealkylation sites (N-methyl/N-ethyl adjacent to an activating group) is 1. The molecular weight excluding hydrogens is 430 g/mol. The molecule has 1 aliphatic heterocycles. The number of hydrogen-bond donors (Lipinski definition) is 1. The zero-order valence-corrected chi connectivity index (χ0v) is 19.8. The van der Waals surface area contributed by atoms with Crippen molar-refractivity contribution < 1.29 is 14.6 Å². The Kier molecular flexibility index (Phi) is 7.49. The second-order valence-corrected chi connectivity index (χ2v) is 9.01. The lowest BCUT2D eigenvalue weighted by molar-refractivity contribution is 0.0325. The fraction of sp³-hybridized carbons (Fsp3) is 0.385. The number of rotatable bonds is 7. The Balaban J connectivity index is 1.65. The highest BCUT2D eigenvalue weighted by Gasteiger charge is 2.34. The van der Waals surface area contributed by atoms with Gasteiger partial charge in [-0.3, -0.25) is 9.69 Å². The molecule has 1 amide bonds. The maximum atomic E-state index is 13.5. The number of aromatic nitrogens is 3. The van der Waals surface area contributed by atoms with Gasteiger partial charge in [-0.25, -0.2) is 15.0 Å². The summed E-state index contributed by atoms with van der Waals surface area (Å²) in [6.45, 7) is 5.74. The fourth-order valence-corrected chi connectivity index (χ4v) is 4.19. The second kappa shape index (κ2) is 10.7. The summed E-state index contributed by atoms with van der Waals surface area (Å²) in [5.41, 5.74) is 3.10. The molecular formula is C26H31N5O3. The van der Waals surface area contributed by atoms with Gasteiger partial charge in [-0.05, 0) is 25.6 Å². The molecule has 0 fully saturated rings. The van der Waals surface area contributed by atoms with Crippen molar-refractivity contribution in [2.45, 2.75) is 32.5 Å². The molecule has 3 atom stereocenters. The van der Waals surface area contributed by atoms with E-state index in [4.69, 9.17) is 4.74 Å². The molecule has 0 spiro atoms. The zero-order valence-electron chi connectivity index (χ0n) is 19.8. The van der Waals surface area contributed by atoms with Crippen LogP contribution in [0.15, 0.2) is 61.3 Å². The molecule has 34 heavy (non-hydrogen) atoms. The summed E-state index contributed by atoms with van der Waals surface area (Å²) in [4.78, 5) is 30.2. The van der Waals surface area contributed by atoms with Crippen LogP contribution in [0.1, 0.15) is 29.8 Å². The monoisotopic (exact) mass is 461 g/mol. The van der Waals surface area contributed by atoms with Gasteiger partial charge < -0.3 is 14.7 Å². The summed E-state index contributed by atoms with van der Waals surface area (Å²) in [6.07, 6.45) is 6.32. The van der Waals surface area contributed by atoms with E-state index in [1.807, 2.05) is 25.1 Å². The van der Waals surface area contributed by atoms with Gasteiger partial charge in [0.15, 0.2) is 0 Å². The minimum absolute atomic E-state index is 0.0355. The van der Waals surface area contributed by atoms with Gasteiger partial charge in [0.05, 0.1) is 12.6 Å². The molecule has 0 radical (unpaired) electrons. The quantitative estimate of drug-likeness (QED) is 0.578. The van der Waals surface area contributed by atoms with Crippen LogP contribution in [0.5, 0.6) is 5.88 Å². The largest absolute Gasteiger partial charge is 0.472 e. The van der Waals surface area contributed by atoms with Crippen LogP contribution in [0.3, 0.4) is 0 Å². The molecule has 3 heterocycles. The SMILES string of the molecule is C[C@H](CO)N1C[C@H](C)[C@@H](CN(C)Cc2ccccc2)Oc2ncc(-c3cncnc3)cc2C1=O. The number of carbonyl (C=O) groups excluding carboxylic acids is 1. The predicted octanol–water partition coefficient (Wildman–Crippen LogP) is 2.89. The third-order valence-electron chi connectivity index (χ3n) is 6.20. The van der Waals surface area contributed by atoms with Crippen LogP contribution in [0.4, 0.5) is 0 Å². The number of nitrogens with zero attached hydrogens (tertiary/aromatic N) is 5. The Morgan fingerprint density at radius 2 is 1.91 bits per heavy atom. The average molecular weight is 462 g/mol. The summed E-state index contributed by atoms with van der Waals surface area (Å²) >= 11 is 0. The smallest absolute Gasteiger partial charge is 0.259 e. The number of pyridine rings is 1. The van der Waals surface area contributed by atoms with Crippen LogP contribution in [0.2, 0.25) is 0 Å². The maximum absolute atomic E-state index is 13.5. The van der Waals surface area contributed by atoms with Crippen molar-refractivity contribution >= 4 is 5.91 Å². The lowest BCUT2D eigenvalue weighted by Gasteiger charge is -2.37. The van der Waals surface area contributed by atoms with Gasteiger partial charge in [-0.1, -0.05) is 37.3 Å². The summed E-state index contributed by atoms with van der Waals surface area (Å²) in [6, 6.07) is 11.7. The number of amides is 1. The van der Waals surface area contributed by atoms with E-state index in [0.717, 1.165) is 17.7 Å². The normalized spacial score (nSPS) is 19.2. The van der Waals surface area contributed by atoms with E-state index < -0.39 is 0 Å². The summed E-state index contributed by atoms with van der Waals surface area (Å²) in [7, 11) is 2.06. The van der Waals surface area contributed by atoms with Gasteiger partial charge in [-0.2, -0.15) is 0 Å². The molecule has 4 rings (SSSR count). The van der Waals surface area contributed by atoms with E-state index in [1.54, 1.807) is 29.6 Å². The van der Waals surface area contributed by atoms with Crippen molar-refractivity contribution in [2.24, 2.45) is 5.92 Å². The summed E-state index contributed by atoms with van der Waals surface area (Å²) in [5.74, 6) is 0.143. The third-order valence-corrected chi connectivity index (χ3v) is 6.20. The van der Waals surface area contributed by atoms with E-state index in [0.29, 0.717) is 24.5 Å². The minimum Gasteiger partial charge on any atom is -0.472 e. The first kappa shape index (κ1) is 23.8. The summed E-state index contributed by atoms with van der Waals surface area (Å²) in [5, 5.41) is 9.84. The van der Waals surface area contributed by atoms with Gasteiger partial charge in [0.2, 0.25) is 5.88 Å². The Labute approximate surface area is 200 Å². The number of aliphatic hydroxyl groups excluding tert-OH is 1. The molecule has 1 N–H and O–H groups in total. The van der Waals surface area contributed by atoms with Gasteiger partial charge in [0, 0.05) is 55.3 Å². The van der Waals surface area contributed by atoms with Crippen molar-refractivity contribution in [1.29, 1.82) is 0 Å². The Bertz CT molecular complexity index is 1100. The molecule has 8 heteroatoms. The number of aliphatic hydroxyl groups is 1. The van der Waals surface area contributed by atoms with Crippen LogP contribution in [0.25, 0.3) is 11.1 Å². The van der Waals surface area contributed by atoms with Gasteiger partial charge in [0.25, 0.3) is 5.91 Å². The number of fused-ring (bicyclic) bond motifs is 1. The highest BCUT2D eigenvalue weighted by molar-refractivity contribution is 5.98. The molecule has 1 aliphatic rings. The lowest BCUT2D eigenvalue weighted by Crippen LogP contribution is -2.49. The fourth-order valence-electron chi connectivity index (χ4n) is 4.19. The van der Waals surface area contributed by atoms with Crippen molar-refractivity contribution in [3.05, 3.63) is 72.4 Å². The first-order valence-corrected chi connectivity index (χ1v) is 11.5. The Morgan fingerprint density at radius 1 is 1.18 bits per heavy atom. The zero-order chi connectivity index (χ0) is 24.1. The Morgan fingerprint density at radius 3 is 2.62 bits per heavy atom. The number of hydrogen-bond acceptors (Lipinski definition) is 7. The number of ether oxygens (including phenoxy) is 1. The molecule has 2 aromatic heterocycles. The molecule has 0 bridgehead atoms. The second-order valence-electron chi connectivity index (χ2n) is 9.01. The van der Waals surface area contributed by atoms with Crippen LogP contribution < -0.4 is 4.74 Å². The first-order valence-electron chi connectivity index (χ1n) is 11.5. The lowest BCUT2D eigenvalue weighted by atomic mass is 9.99. The van der Waals surface area contributed by atoms with Gasteiger partial charge in [-0.15, -0.1) is 0 Å². The van der Waals surface area contributed by atoms with Crippen molar-refractivity contribution in [2.75, 3.05) is 26.7 Å². The molecule has 0 saturated carbocycles. The molecule has 0 saturated heterocycles. The van der Waals surface area contributed by atoms with E-state index in [2.05, 4.69) is 46.0 Å². The van der Waals surface area contributed by atoms with E-state index in [-0.39, 0.29) is 30.6 Å². The van der Waals surface area contributed by atoms with E-state index >= 15 is 0 Å². The summed E-state index contributed by atoms with van der Waals surface area (Å²) < 4.78 is 6.39. The van der Waals surface area contributed by atoms with Crippen LogP contribution in [-0.4, -0.2) is 74.7 Å². The molecule has 178 valence electrons. The standard InChI is InChI=1S/C26H31N5O3/c1-18-13-31(19(2)16-32)26(33)23-9-21(22-10-27-17-28-11-22)12-29-25(23)34-24(18)15-30(3)14-20-7-5-4-6-8-20/h4-12,17-19,24,32H,13-16H2,1-3H3/t18-,19+,24+/m0/s1. The Hall–Kier alpha value is -3.36. The number of carbonyl (C=O) groups is 1. The van der Waals surface area contributed by atoms with Gasteiger partial charge >= 0.3 is 0 Å². The molecule has 0 aliphatic carbocycles. The molecule has 3 aromatic rings. The van der Waals surface area contributed by atoms with Crippen molar-refractivity contribution in [3.63, 3.8) is 0 Å². The first-order chi connectivity index (χ1) is 16.5. The van der Waals surface area contributed by atoms with Crippen LogP contribution in [-0.2, 0) is 6.54 Å². The van der Waals surface area contributed by atoms with Crippen LogP contribution >= 0.6 is 0 Å². The molecule has 8 nitrogen and oxygen atoms in total. The van der Waals surface area contributed by atoms with E-state index in [1.165, 1.54) is 11.9 Å². The molecule has 0 unspecified atom stereocenters. The predicted molar refractivity (Wildman–Crippen MR) is 129 cm³/mol. The topological polar surface area (TPSA) is 91.7 Å². The van der Waals surface area contributed by atoms with Crippen molar-refractivity contribution in [1.82, 2.24) is 24.8 Å². The average Bonchev–Trinajstić information content (AvgIpc) is 2.86. The third kappa shape index (κ3) is 5.40. The minimum atomic E-state index is -0.327. The van der Waals surface area contributed by atoms with Crippen LogP contribution in [0, 0.1) is 5.92 Å². The van der Waals surface area contributed by atoms with Gasteiger partial charge in [0.1, 0.15) is 18.0 Å². The van der Waals surface area contributed by atoms with E-state index in [9.17, 15) is 9.90 Å². The number of benzene rings is 1. The highest BCUT2D eigenvalue weighted by atomic mass is 16.5.